The van der Waals surface area contributed by atoms with Gasteiger partial charge in [-0.05, 0) is 19.9 Å². The van der Waals surface area contributed by atoms with Gasteiger partial charge in [0.25, 0.3) is 0 Å². The maximum atomic E-state index is 11.1. The zero-order valence-corrected chi connectivity index (χ0v) is 9.30. The van der Waals surface area contributed by atoms with E-state index in [4.69, 9.17) is 10.4 Å². The minimum absolute atomic E-state index is 0.261. The molecule has 0 aliphatic rings. The van der Waals surface area contributed by atoms with Gasteiger partial charge in [0.1, 0.15) is 11.6 Å². The zero-order chi connectivity index (χ0) is 12.3. The van der Waals surface area contributed by atoms with Crippen LogP contribution in [0.4, 0.5) is 5.82 Å². The van der Waals surface area contributed by atoms with Crippen LogP contribution in [0.5, 0.6) is 0 Å². The van der Waals surface area contributed by atoms with Crippen LogP contribution in [-0.2, 0) is 4.79 Å². The van der Waals surface area contributed by atoms with Crippen molar-refractivity contribution < 1.29 is 9.90 Å². The Morgan fingerprint density at radius 3 is 2.75 bits per heavy atom. The number of aliphatic carboxylic acids is 1. The Labute approximate surface area is 93.1 Å². The highest BCUT2D eigenvalue weighted by atomic mass is 16.4. The molecule has 0 amide bonds. The highest BCUT2D eigenvalue weighted by Crippen LogP contribution is 2.22. The van der Waals surface area contributed by atoms with E-state index in [0.717, 1.165) is 0 Å². The van der Waals surface area contributed by atoms with E-state index in [9.17, 15) is 4.79 Å². The Kier molecular flexibility index (Phi) is 3.09. The molecule has 0 aromatic carbocycles. The van der Waals surface area contributed by atoms with Crippen molar-refractivity contribution >= 4 is 11.8 Å². The number of aromatic nitrogens is 2. The van der Waals surface area contributed by atoms with Gasteiger partial charge in [-0.2, -0.15) is 10.4 Å². The Bertz CT molecular complexity index is 450. The Morgan fingerprint density at radius 1 is 1.62 bits per heavy atom. The standard InChI is InChI=1S/C10H12N4O2/c1-10(2,9(15)16)14(3)8-7(6-11)4-5-12-13-8/h4-5H,1-3H3,(H,15,16). The molecular formula is C10H12N4O2. The fourth-order valence-electron chi connectivity index (χ4n) is 1.07. The van der Waals surface area contributed by atoms with Crippen molar-refractivity contribution in [3.63, 3.8) is 0 Å². The number of carboxylic acid groups (broad SMARTS) is 1. The molecule has 0 aliphatic carbocycles. The summed E-state index contributed by atoms with van der Waals surface area (Å²) < 4.78 is 0. The average molecular weight is 220 g/mol. The number of nitriles is 1. The summed E-state index contributed by atoms with van der Waals surface area (Å²) in [6.45, 7) is 3.07. The van der Waals surface area contributed by atoms with Gasteiger partial charge in [0.2, 0.25) is 0 Å². The number of likely N-dealkylation sites (N-methyl/N-ethyl adjacent to an activating group) is 1. The van der Waals surface area contributed by atoms with E-state index < -0.39 is 11.5 Å². The Balaban J connectivity index is 3.20. The maximum absolute atomic E-state index is 11.1. The van der Waals surface area contributed by atoms with Crippen LogP contribution in [0.1, 0.15) is 19.4 Å². The minimum atomic E-state index is -1.15. The fourth-order valence-corrected chi connectivity index (χ4v) is 1.07. The number of rotatable bonds is 3. The smallest absolute Gasteiger partial charge is 0.328 e. The van der Waals surface area contributed by atoms with Crippen molar-refractivity contribution in [1.82, 2.24) is 10.2 Å². The number of carboxylic acids is 1. The molecule has 0 saturated heterocycles. The van der Waals surface area contributed by atoms with E-state index >= 15 is 0 Å². The van der Waals surface area contributed by atoms with Gasteiger partial charge >= 0.3 is 5.97 Å². The van der Waals surface area contributed by atoms with Crippen molar-refractivity contribution in [1.29, 1.82) is 5.26 Å². The maximum Gasteiger partial charge on any atom is 0.328 e. The molecule has 6 heteroatoms. The first-order valence-electron chi connectivity index (χ1n) is 4.60. The predicted molar refractivity (Wildman–Crippen MR) is 56.9 cm³/mol. The van der Waals surface area contributed by atoms with E-state index in [1.807, 2.05) is 6.07 Å². The molecule has 0 unspecified atom stereocenters. The lowest BCUT2D eigenvalue weighted by Gasteiger charge is -2.32. The lowest BCUT2D eigenvalue weighted by atomic mass is 10.0. The Hall–Kier alpha value is -2.16. The summed E-state index contributed by atoms with van der Waals surface area (Å²) in [5.41, 5.74) is -0.853. The van der Waals surface area contributed by atoms with Crippen molar-refractivity contribution in [3.8, 4) is 6.07 Å². The number of hydrogen-bond acceptors (Lipinski definition) is 5. The largest absolute Gasteiger partial charge is 0.480 e. The van der Waals surface area contributed by atoms with Crippen LogP contribution >= 0.6 is 0 Å². The normalized spacial score (nSPS) is 10.6. The zero-order valence-electron chi connectivity index (χ0n) is 9.30. The molecule has 0 saturated carbocycles. The first-order valence-corrected chi connectivity index (χ1v) is 4.60. The molecule has 0 fully saturated rings. The van der Waals surface area contributed by atoms with Crippen molar-refractivity contribution in [2.24, 2.45) is 0 Å². The molecule has 1 aromatic heterocycles. The molecular weight excluding hydrogens is 208 g/mol. The highest BCUT2D eigenvalue weighted by molar-refractivity contribution is 5.82. The van der Waals surface area contributed by atoms with Gasteiger partial charge in [0.15, 0.2) is 5.82 Å². The SMILES string of the molecule is CN(c1nnccc1C#N)C(C)(C)C(=O)O. The molecule has 1 N–H and O–H groups in total. The summed E-state index contributed by atoms with van der Waals surface area (Å²) in [5, 5.41) is 25.4. The summed E-state index contributed by atoms with van der Waals surface area (Å²) in [5.74, 6) is -0.734. The van der Waals surface area contributed by atoms with E-state index in [2.05, 4.69) is 10.2 Å². The summed E-state index contributed by atoms with van der Waals surface area (Å²) >= 11 is 0. The molecule has 0 aliphatic heterocycles. The summed E-state index contributed by atoms with van der Waals surface area (Å²) in [6.07, 6.45) is 1.39. The van der Waals surface area contributed by atoms with Crippen LogP contribution in [0.3, 0.4) is 0 Å². The number of anilines is 1. The number of carbonyl (C=O) groups is 1. The van der Waals surface area contributed by atoms with Gasteiger partial charge in [-0.3, -0.25) is 0 Å². The first-order chi connectivity index (χ1) is 7.41. The molecule has 0 bridgehead atoms. The monoisotopic (exact) mass is 220 g/mol. The van der Waals surface area contributed by atoms with Gasteiger partial charge in [0, 0.05) is 7.05 Å². The predicted octanol–water partition coefficient (Wildman–Crippen LogP) is 0.648. The summed E-state index contributed by atoms with van der Waals surface area (Å²) in [4.78, 5) is 12.5. The second-order valence-electron chi connectivity index (χ2n) is 3.80. The van der Waals surface area contributed by atoms with Crippen molar-refractivity contribution in [2.75, 3.05) is 11.9 Å². The molecule has 6 nitrogen and oxygen atoms in total. The van der Waals surface area contributed by atoms with Crippen LogP contribution in [0.25, 0.3) is 0 Å². The third kappa shape index (κ3) is 1.93. The van der Waals surface area contributed by atoms with Crippen LogP contribution in [0.2, 0.25) is 0 Å². The molecule has 84 valence electrons. The minimum Gasteiger partial charge on any atom is -0.480 e. The van der Waals surface area contributed by atoms with Gasteiger partial charge in [-0.25, -0.2) is 4.79 Å². The van der Waals surface area contributed by atoms with Crippen LogP contribution in [-0.4, -0.2) is 33.9 Å². The molecule has 0 radical (unpaired) electrons. The van der Waals surface area contributed by atoms with Crippen molar-refractivity contribution in [2.45, 2.75) is 19.4 Å². The van der Waals surface area contributed by atoms with E-state index in [0.29, 0.717) is 5.56 Å². The van der Waals surface area contributed by atoms with Crippen LogP contribution in [0.15, 0.2) is 12.3 Å². The van der Waals surface area contributed by atoms with E-state index in [1.54, 1.807) is 7.05 Å². The van der Waals surface area contributed by atoms with Gasteiger partial charge in [-0.15, -0.1) is 5.10 Å². The Morgan fingerprint density at radius 2 is 2.25 bits per heavy atom. The van der Waals surface area contributed by atoms with E-state index in [1.165, 1.54) is 31.0 Å². The summed E-state index contributed by atoms with van der Waals surface area (Å²) in [6, 6.07) is 3.45. The number of hydrogen-bond donors (Lipinski definition) is 1. The third-order valence-corrected chi connectivity index (χ3v) is 2.50. The van der Waals surface area contributed by atoms with E-state index in [-0.39, 0.29) is 5.82 Å². The number of nitrogens with zero attached hydrogens (tertiary/aromatic N) is 4. The fraction of sp³-hybridized carbons (Fsp3) is 0.400. The molecule has 1 heterocycles. The highest BCUT2D eigenvalue weighted by Gasteiger charge is 2.34. The quantitative estimate of drug-likeness (QED) is 0.804. The molecule has 1 aromatic rings. The van der Waals surface area contributed by atoms with Gasteiger partial charge in [0.05, 0.1) is 11.8 Å². The molecule has 0 spiro atoms. The molecule has 0 atom stereocenters. The van der Waals surface area contributed by atoms with Gasteiger partial charge in [-0.1, -0.05) is 0 Å². The van der Waals surface area contributed by atoms with Gasteiger partial charge < -0.3 is 10.0 Å². The molecule has 16 heavy (non-hydrogen) atoms. The average Bonchev–Trinajstić information content (AvgIpc) is 2.27. The third-order valence-electron chi connectivity index (χ3n) is 2.50. The first kappa shape index (κ1) is 11.9. The summed E-state index contributed by atoms with van der Waals surface area (Å²) in [7, 11) is 1.57. The van der Waals surface area contributed by atoms with Crippen molar-refractivity contribution in [3.05, 3.63) is 17.8 Å². The van der Waals surface area contributed by atoms with Crippen LogP contribution in [0, 0.1) is 11.3 Å². The topological polar surface area (TPSA) is 90.1 Å². The lowest BCUT2D eigenvalue weighted by molar-refractivity contribution is -0.142. The molecule has 1 rings (SSSR count). The lowest BCUT2D eigenvalue weighted by Crippen LogP contribution is -2.48. The second kappa shape index (κ2) is 4.14. The van der Waals surface area contributed by atoms with Crippen LogP contribution < -0.4 is 4.90 Å². The second-order valence-corrected chi connectivity index (χ2v) is 3.80.